The molecule has 2 rings (SSSR count). The molecule has 2 aromatic rings. The van der Waals surface area contributed by atoms with Crippen LogP contribution in [0.4, 0.5) is 11.4 Å². The van der Waals surface area contributed by atoms with Crippen molar-refractivity contribution in [3.05, 3.63) is 64.7 Å². The summed E-state index contributed by atoms with van der Waals surface area (Å²) in [4.78, 5) is 17.0. The molecule has 0 N–H and O–H groups in total. The molecule has 0 aromatic heterocycles. The first-order chi connectivity index (χ1) is 11.6. The van der Waals surface area contributed by atoms with Crippen molar-refractivity contribution in [2.24, 2.45) is 4.99 Å². The van der Waals surface area contributed by atoms with Crippen molar-refractivity contribution in [2.45, 2.75) is 6.42 Å². The Bertz CT molecular complexity index is 772. The SMILES string of the molecule is CN(CCC#N)C(=Nc1cccc([N+](=O)[O-])c1)[Se]c1ccccc1. The number of hydrogen-bond donors (Lipinski definition) is 0. The molecule has 7 heteroatoms. The summed E-state index contributed by atoms with van der Waals surface area (Å²) in [6, 6.07) is 18.3. The molecule has 0 radical (unpaired) electrons. The molecule has 0 heterocycles. The van der Waals surface area contributed by atoms with E-state index in [1.807, 2.05) is 42.3 Å². The number of aliphatic imine (C=N–C) groups is 1. The summed E-state index contributed by atoms with van der Waals surface area (Å²) in [6.07, 6.45) is 0.398. The number of nitrogens with zero attached hydrogens (tertiary/aromatic N) is 4. The van der Waals surface area contributed by atoms with Crippen molar-refractivity contribution in [2.75, 3.05) is 13.6 Å². The second-order valence-electron chi connectivity index (χ2n) is 4.92. The van der Waals surface area contributed by atoms with Gasteiger partial charge in [-0.1, -0.05) is 0 Å². The molecular weight excluding hydrogens is 371 g/mol. The van der Waals surface area contributed by atoms with E-state index in [4.69, 9.17) is 5.26 Å². The van der Waals surface area contributed by atoms with Gasteiger partial charge in [-0.2, -0.15) is 0 Å². The number of nitro benzene ring substituents is 1. The van der Waals surface area contributed by atoms with Gasteiger partial charge in [-0.3, -0.25) is 0 Å². The monoisotopic (exact) mass is 388 g/mol. The summed E-state index contributed by atoms with van der Waals surface area (Å²) in [5.74, 6) is 0. The molecule has 0 saturated heterocycles. The fourth-order valence-corrected chi connectivity index (χ4v) is 3.77. The number of hydrogen-bond acceptors (Lipinski definition) is 4. The van der Waals surface area contributed by atoms with Crippen LogP contribution in [0.2, 0.25) is 0 Å². The van der Waals surface area contributed by atoms with E-state index >= 15 is 0 Å². The van der Waals surface area contributed by atoms with Crippen LogP contribution in [-0.4, -0.2) is 43.1 Å². The number of benzene rings is 2. The molecule has 0 amide bonds. The van der Waals surface area contributed by atoms with Crippen LogP contribution in [0.15, 0.2) is 59.6 Å². The summed E-state index contributed by atoms with van der Waals surface area (Å²) < 4.78 is 1.97. The van der Waals surface area contributed by atoms with Crippen molar-refractivity contribution in [3.63, 3.8) is 0 Å². The Morgan fingerprint density at radius 3 is 2.71 bits per heavy atom. The van der Waals surface area contributed by atoms with Gasteiger partial charge in [0.15, 0.2) is 0 Å². The van der Waals surface area contributed by atoms with E-state index in [0.717, 1.165) is 9.20 Å². The van der Waals surface area contributed by atoms with Crippen molar-refractivity contribution in [1.29, 1.82) is 5.26 Å². The molecule has 0 bridgehead atoms. The summed E-state index contributed by atoms with van der Waals surface area (Å²) in [5.41, 5.74) is 0.559. The molecular formula is C17H16N4O2Se. The summed E-state index contributed by atoms with van der Waals surface area (Å²) in [7, 11) is 1.89. The van der Waals surface area contributed by atoms with Gasteiger partial charge in [0.2, 0.25) is 0 Å². The normalized spacial score (nSPS) is 10.9. The molecule has 0 spiro atoms. The van der Waals surface area contributed by atoms with Gasteiger partial charge in [0.25, 0.3) is 0 Å². The van der Waals surface area contributed by atoms with Gasteiger partial charge in [-0.25, -0.2) is 0 Å². The first-order valence-corrected chi connectivity index (χ1v) is 8.95. The van der Waals surface area contributed by atoms with Gasteiger partial charge in [0, 0.05) is 0 Å². The Morgan fingerprint density at radius 1 is 1.29 bits per heavy atom. The number of nitriles is 1. The van der Waals surface area contributed by atoms with E-state index in [1.165, 1.54) is 12.1 Å². The molecule has 0 fully saturated rings. The Labute approximate surface area is 146 Å². The molecule has 0 aliphatic carbocycles. The predicted octanol–water partition coefficient (Wildman–Crippen LogP) is 2.46. The van der Waals surface area contributed by atoms with Gasteiger partial charge < -0.3 is 0 Å². The third kappa shape index (κ3) is 5.20. The molecule has 0 atom stereocenters. The van der Waals surface area contributed by atoms with Crippen molar-refractivity contribution < 1.29 is 4.92 Å². The average molecular weight is 387 g/mol. The average Bonchev–Trinajstić information content (AvgIpc) is 2.60. The van der Waals surface area contributed by atoms with Crippen molar-refractivity contribution >= 4 is 35.5 Å². The standard InChI is InChI=1S/C17H16N4O2Se/c1-20(12-6-11-18)17(24-16-9-3-2-4-10-16)19-14-7-5-8-15(13-14)21(22)23/h2-5,7-10,13H,6,12H2,1H3. The Morgan fingerprint density at radius 2 is 2.04 bits per heavy atom. The molecule has 0 saturated carbocycles. The summed E-state index contributed by atoms with van der Waals surface area (Å²) >= 11 is -0.0594. The van der Waals surface area contributed by atoms with Crippen LogP contribution >= 0.6 is 0 Å². The van der Waals surface area contributed by atoms with E-state index in [9.17, 15) is 10.1 Å². The topological polar surface area (TPSA) is 82.5 Å². The maximum absolute atomic E-state index is 10.9. The molecule has 0 aliphatic rings. The number of non-ortho nitro benzene ring substituents is 1. The first-order valence-electron chi connectivity index (χ1n) is 7.24. The minimum atomic E-state index is -0.430. The van der Waals surface area contributed by atoms with Crippen molar-refractivity contribution in [1.82, 2.24) is 4.90 Å². The van der Waals surface area contributed by atoms with Crippen LogP contribution in [0.5, 0.6) is 0 Å². The van der Waals surface area contributed by atoms with E-state index in [0.29, 0.717) is 18.7 Å². The third-order valence-electron chi connectivity index (χ3n) is 3.10. The first kappa shape index (κ1) is 17.7. The fraction of sp³-hybridized carbons (Fsp3) is 0.176. The Balaban J connectivity index is 2.32. The van der Waals surface area contributed by atoms with Gasteiger partial charge in [0.05, 0.1) is 0 Å². The Hall–Kier alpha value is -2.68. The molecule has 0 unspecified atom stereocenters. The summed E-state index contributed by atoms with van der Waals surface area (Å²) in [5, 5.41) is 19.7. The zero-order valence-corrected chi connectivity index (χ0v) is 14.8. The fourth-order valence-electron chi connectivity index (χ4n) is 1.88. The molecule has 6 nitrogen and oxygen atoms in total. The predicted molar refractivity (Wildman–Crippen MR) is 94.9 cm³/mol. The van der Waals surface area contributed by atoms with Crippen molar-refractivity contribution in [3.8, 4) is 6.07 Å². The van der Waals surface area contributed by atoms with E-state index in [-0.39, 0.29) is 20.6 Å². The van der Waals surface area contributed by atoms with Crippen LogP contribution in [0, 0.1) is 21.4 Å². The molecule has 122 valence electrons. The third-order valence-corrected chi connectivity index (χ3v) is 5.40. The number of amidine groups is 1. The quantitative estimate of drug-likeness (QED) is 0.251. The van der Waals surface area contributed by atoms with Crippen LogP contribution in [-0.2, 0) is 0 Å². The maximum atomic E-state index is 10.9. The number of nitro groups is 1. The minimum absolute atomic E-state index is 0.0162. The molecule has 2 aromatic carbocycles. The Kier molecular flexibility index (Phi) is 6.50. The second-order valence-corrected chi connectivity index (χ2v) is 7.10. The second kappa shape index (κ2) is 8.82. The van der Waals surface area contributed by atoms with Gasteiger partial charge in [-0.15, -0.1) is 0 Å². The zero-order chi connectivity index (χ0) is 17.4. The van der Waals surface area contributed by atoms with E-state index < -0.39 is 4.92 Å². The van der Waals surface area contributed by atoms with Crippen LogP contribution in [0.25, 0.3) is 0 Å². The van der Waals surface area contributed by atoms with Gasteiger partial charge in [0.1, 0.15) is 0 Å². The summed E-state index contributed by atoms with van der Waals surface area (Å²) in [6.45, 7) is 0.568. The van der Waals surface area contributed by atoms with Gasteiger partial charge >= 0.3 is 146 Å². The van der Waals surface area contributed by atoms with E-state index in [2.05, 4.69) is 11.1 Å². The van der Waals surface area contributed by atoms with Crippen LogP contribution < -0.4 is 4.46 Å². The molecule has 0 aliphatic heterocycles. The van der Waals surface area contributed by atoms with Gasteiger partial charge in [-0.05, 0) is 0 Å². The number of rotatable bonds is 6. The molecule has 24 heavy (non-hydrogen) atoms. The van der Waals surface area contributed by atoms with Crippen LogP contribution in [0.3, 0.4) is 0 Å². The van der Waals surface area contributed by atoms with Crippen LogP contribution in [0.1, 0.15) is 6.42 Å². The zero-order valence-electron chi connectivity index (χ0n) is 13.1. The van der Waals surface area contributed by atoms with E-state index in [1.54, 1.807) is 12.1 Å².